The van der Waals surface area contributed by atoms with Gasteiger partial charge in [-0.25, -0.2) is 4.39 Å². The maximum absolute atomic E-state index is 13.0. The third-order valence-electron chi connectivity index (χ3n) is 2.69. The number of rotatable bonds is 3. The van der Waals surface area contributed by atoms with Crippen molar-refractivity contribution in [3.63, 3.8) is 0 Å². The third kappa shape index (κ3) is 2.77. The Balaban J connectivity index is 2.09. The van der Waals surface area contributed by atoms with Gasteiger partial charge in [0.25, 0.3) is 0 Å². The predicted octanol–water partition coefficient (Wildman–Crippen LogP) is 3.70. The van der Waals surface area contributed by atoms with Gasteiger partial charge in [0.05, 0.1) is 11.4 Å². The molecule has 2 rings (SSSR count). The highest BCUT2D eigenvalue weighted by Gasteiger charge is 2.04. The summed E-state index contributed by atoms with van der Waals surface area (Å²) in [6.45, 7) is 4.86. The van der Waals surface area contributed by atoms with Gasteiger partial charge in [0.15, 0.2) is 0 Å². The second kappa shape index (κ2) is 4.75. The van der Waals surface area contributed by atoms with Gasteiger partial charge in [0, 0.05) is 16.3 Å². The molecule has 0 atom stereocenters. The number of benzene rings is 1. The van der Waals surface area contributed by atoms with Crippen molar-refractivity contribution in [1.82, 2.24) is 0 Å². The molecule has 0 fully saturated rings. The number of nitrogens with one attached hydrogen (secondary N) is 1. The maximum Gasteiger partial charge on any atom is 0.125 e. The van der Waals surface area contributed by atoms with E-state index in [1.165, 1.54) is 27.5 Å². The Morgan fingerprint density at radius 1 is 1.29 bits per heavy atom. The van der Waals surface area contributed by atoms with Crippen molar-refractivity contribution in [2.45, 2.75) is 20.4 Å². The molecule has 2 aromatic rings. The average Bonchev–Trinajstić information content (AvgIpc) is 2.60. The summed E-state index contributed by atoms with van der Waals surface area (Å²) in [5.41, 5.74) is 8.27. The number of halogens is 1. The van der Waals surface area contributed by atoms with E-state index in [1.54, 1.807) is 17.4 Å². The first-order valence-corrected chi connectivity index (χ1v) is 6.22. The summed E-state index contributed by atoms with van der Waals surface area (Å²) >= 11 is 1.75. The van der Waals surface area contributed by atoms with Crippen LogP contribution >= 0.6 is 11.3 Å². The van der Waals surface area contributed by atoms with Crippen LogP contribution in [0.15, 0.2) is 24.3 Å². The molecule has 1 aromatic carbocycles. The van der Waals surface area contributed by atoms with E-state index in [4.69, 9.17) is 5.73 Å². The van der Waals surface area contributed by atoms with Gasteiger partial charge in [-0.05, 0) is 43.7 Å². The van der Waals surface area contributed by atoms with Gasteiger partial charge in [-0.2, -0.15) is 0 Å². The van der Waals surface area contributed by atoms with Gasteiger partial charge >= 0.3 is 0 Å². The monoisotopic (exact) mass is 250 g/mol. The summed E-state index contributed by atoms with van der Waals surface area (Å²) < 4.78 is 13.0. The minimum Gasteiger partial charge on any atom is -0.397 e. The van der Waals surface area contributed by atoms with Crippen LogP contribution in [0.5, 0.6) is 0 Å². The van der Waals surface area contributed by atoms with Crippen LogP contribution in [0.3, 0.4) is 0 Å². The van der Waals surface area contributed by atoms with Crippen LogP contribution < -0.4 is 11.1 Å². The zero-order valence-electron chi connectivity index (χ0n) is 9.88. The fraction of sp³-hybridized carbons (Fsp3) is 0.231. The first kappa shape index (κ1) is 11.9. The number of hydrogen-bond donors (Lipinski definition) is 2. The molecule has 0 aliphatic heterocycles. The molecular weight excluding hydrogens is 235 g/mol. The van der Waals surface area contributed by atoms with E-state index in [0.29, 0.717) is 17.9 Å². The average molecular weight is 250 g/mol. The highest BCUT2D eigenvalue weighted by Crippen LogP contribution is 2.24. The zero-order valence-corrected chi connectivity index (χ0v) is 10.7. The fourth-order valence-electron chi connectivity index (χ4n) is 1.60. The molecule has 1 aromatic heterocycles. The van der Waals surface area contributed by atoms with Crippen molar-refractivity contribution in [1.29, 1.82) is 0 Å². The lowest BCUT2D eigenvalue weighted by Gasteiger charge is -2.07. The molecule has 0 saturated heterocycles. The van der Waals surface area contributed by atoms with Crippen LogP contribution in [-0.2, 0) is 6.54 Å². The van der Waals surface area contributed by atoms with E-state index in [1.807, 2.05) is 0 Å². The standard InChI is InChI=1S/C13H15FN2S/c1-8-5-11(17-9(8)2)7-16-13-6-10(14)3-4-12(13)15/h3-6,16H,7,15H2,1-2H3. The molecule has 0 unspecified atom stereocenters. The number of thiophene rings is 1. The smallest absolute Gasteiger partial charge is 0.125 e. The summed E-state index contributed by atoms with van der Waals surface area (Å²) in [7, 11) is 0. The van der Waals surface area contributed by atoms with E-state index in [2.05, 4.69) is 25.2 Å². The van der Waals surface area contributed by atoms with Crippen LogP contribution in [0.2, 0.25) is 0 Å². The highest BCUT2D eigenvalue weighted by atomic mass is 32.1. The number of nitrogen functional groups attached to an aromatic ring is 1. The molecular formula is C13H15FN2S. The van der Waals surface area contributed by atoms with Gasteiger partial charge in [0.2, 0.25) is 0 Å². The summed E-state index contributed by atoms with van der Waals surface area (Å²) in [5, 5.41) is 3.16. The van der Waals surface area contributed by atoms with Crippen molar-refractivity contribution in [3.8, 4) is 0 Å². The van der Waals surface area contributed by atoms with Crippen molar-refractivity contribution in [2.75, 3.05) is 11.1 Å². The SMILES string of the molecule is Cc1cc(CNc2cc(F)ccc2N)sc1C. The Kier molecular flexibility index (Phi) is 3.33. The van der Waals surface area contributed by atoms with Gasteiger partial charge in [-0.1, -0.05) is 0 Å². The third-order valence-corrected chi connectivity index (χ3v) is 3.84. The zero-order chi connectivity index (χ0) is 12.4. The maximum atomic E-state index is 13.0. The largest absolute Gasteiger partial charge is 0.397 e. The Hall–Kier alpha value is -1.55. The van der Waals surface area contributed by atoms with Crippen molar-refractivity contribution < 1.29 is 4.39 Å². The topological polar surface area (TPSA) is 38.0 Å². The Morgan fingerprint density at radius 3 is 2.71 bits per heavy atom. The summed E-state index contributed by atoms with van der Waals surface area (Å²) in [4.78, 5) is 2.54. The lowest BCUT2D eigenvalue weighted by Crippen LogP contribution is -2.01. The quantitative estimate of drug-likeness (QED) is 0.815. The Morgan fingerprint density at radius 2 is 2.06 bits per heavy atom. The molecule has 17 heavy (non-hydrogen) atoms. The lowest BCUT2D eigenvalue weighted by molar-refractivity contribution is 0.628. The molecule has 0 bridgehead atoms. The molecule has 0 aliphatic rings. The van der Waals surface area contributed by atoms with E-state index >= 15 is 0 Å². The van der Waals surface area contributed by atoms with E-state index in [-0.39, 0.29) is 5.82 Å². The minimum atomic E-state index is -0.278. The first-order chi connectivity index (χ1) is 8.06. The van der Waals surface area contributed by atoms with Crippen LogP contribution in [0.4, 0.5) is 15.8 Å². The van der Waals surface area contributed by atoms with Gasteiger partial charge in [0.1, 0.15) is 5.82 Å². The van der Waals surface area contributed by atoms with Gasteiger partial charge < -0.3 is 11.1 Å². The fourth-order valence-corrected chi connectivity index (χ4v) is 2.59. The predicted molar refractivity (Wildman–Crippen MR) is 71.9 cm³/mol. The summed E-state index contributed by atoms with van der Waals surface area (Å²) in [5.74, 6) is -0.278. The molecule has 0 spiro atoms. The first-order valence-electron chi connectivity index (χ1n) is 5.41. The second-order valence-electron chi connectivity index (χ2n) is 4.04. The van der Waals surface area contributed by atoms with Crippen LogP contribution in [0.1, 0.15) is 15.3 Å². The van der Waals surface area contributed by atoms with Crippen molar-refractivity contribution in [2.24, 2.45) is 0 Å². The van der Waals surface area contributed by atoms with Crippen LogP contribution in [0, 0.1) is 19.7 Å². The highest BCUT2D eigenvalue weighted by molar-refractivity contribution is 7.12. The molecule has 4 heteroatoms. The normalized spacial score (nSPS) is 10.5. The molecule has 3 N–H and O–H groups in total. The van der Waals surface area contributed by atoms with E-state index < -0.39 is 0 Å². The van der Waals surface area contributed by atoms with Crippen molar-refractivity contribution >= 4 is 22.7 Å². The molecule has 0 radical (unpaired) electrons. The number of anilines is 2. The lowest BCUT2D eigenvalue weighted by atomic mass is 10.2. The second-order valence-corrected chi connectivity index (χ2v) is 5.38. The van der Waals surface area contributed by atoms with Gasteiger partial charge in [-0.3, -0.25) is 0 Å². The number of nitrogens with two attached hydrogens (primary N) is 1. The number of aryl methyl sites for hydroxylation is 2. The Labute approximate surface area is 104 Å². The van der Waals surface area contributed by atoms with Crippen LogP contribution in [0.25, 0.3) is 0 Å². The van der Waals surface area contributed by atoms with Crippen LogP contribution in [-0.4, -0.2) is 0 Å². The Bertz CT molecular complexity index is 515. The summed E-state index contributed by atoms with van der Waals surface area (Å²) in [6.07, 6.45) is 0. The molecule has 2 nitrogen and oxygen atoms in total. The van der Waals surface area contributed by atoms with E-state index in [9.17, 15) is 4.39 Å². The summed E-state index contributed by atoms with van der Waals surface area (Å²) in [6, 6.07) is 6.49. The molecule has 0 aliphatic carbocycles. The minimum absolute atomic E-state index is 0.278. The molecule has 90 valence electrons. The van der Waals surface area contributed by atoms with Gasteiger partial charge in [-0.15, -0.1) is 11.3 Å². The van der Waals surface area contributed by atoms with Crippen molar-refractivity contribution in [3.05, 3.63) is 45.4 Å². The van der Waals surface area contributed by atoms with E-state index in [0.717, 1.165) is 0 Å². The number of hydrogen-bond acceptors (Lipinski definition) is 3. The molecule has 0 amide bonds. The molecule has 0 saturated carbocycles. The molecule has 1 heterocycles.